The summed E-state index contributed by atoms with van der Waals surface area (Å²) in [5.41, 5.74) is 6.52. The van der Waals surface area contributed by atoms with Crippen molar-refractivity contribution in [2.45, 2.75) is 33.1 Å². The van der Waals surface area contributed by atoms with E-state index in [0.29, 0.717) is 11.1 Å². The van der Waals surface area contributed by atoms with Gasteiger partial charge in [-0.15, -0.1) is 11.3 Å². The number of esters is 1. The van der Waals surface area contributed by atoms with Crippen LogP contribution in [0.1, 0.15) is 58.7 Å². The van der Waals surface area contributed by atoms with Crippen LogP contribution in [-0.2, 0) is 4.74 Å². The standard InChI is InChI=1S/C32H37N3O3S/c1-32(2)14-13-25(21-34-15-17-35(18-16-34)27-11-9-24(10-12-27)31(37)38-3)28(20-32)29-19-26(22-39-29)33-30(36)23-7-5-4-6-8-23/h4-12,19,22H,13-18,20-21H2,1-3H3,(H,33,36). The molecule has 2 aromatic carbocycles. The smallest absolute Gasteiger partial charge is 0.337 e. The molecule has 204 valence electrons. The van der Waals surface area contributed by atoms with E-state index < -0.39 is 0 Å². The fourth-order valence-corrected chi connectivity index (χ4v) is 6.42. The van der Waals surface area contributed by atoms with Crippen LogP contribution in [-0.4, -0.2) is 56.6 Å². The van der Waals surface area contributed by atoms with E-state index in [2.05, 4.69) is 40.4 Å². The summed E-state index contributed by atoms with van der Waals surface area (Å²) < 4.78 is 4.82. The molecule has 7 heteroatoms. The third-order valence-corrected chi connectivity index (χ3v) is 8.81. The molecule has 0 bridgehead atoms. The first kappa shape index (κ1) is 27.2. The van der Waals surface area contributed by atoms with Gasteiger partial charge in [0.25, 0.3) is 5.91 Å². The lowest BCUT2D eigenvalue weighted by Gasteiger charge is -2.39. The first-order chi connectivity index (χ1) is 18.8. The highest BCUT2D eigenvalue weighted by Crippen LogP contribution is 2.45. The second-order valence-corrected chi connectivity index (χ2v) is 12.2. The highest BCUT2D eigenvalue weighted by molar-refractivity contribution is 7.11. The number of nitrogens with zero attached hydrogens (tertiary/aromatic N) is 2. The number of nitrogens with one attached hydrogen (secondary N) is 1. The van der Waals surface area contributed by atoms with Gasteiger partial charge in [0.2, 0.25) is 0 Å². The van der Waals surface area contributed by atoms with Gasteiger partial charge in [0.1, 0.15) is 0 Å². The molecule has 0 saturated carbocycles. The largest absolute Gasteiger partial charge is 0.465 e. The molecule has 1 aromatic heterocycles. The Balaban J connectivity index is 1.25. The molecule has 1 aliphatic heterocycles. The van der Waals surface area contributed by atoms with Gasteiger partial charge in [0.15, 0.2) is 0 Å². The van der Waals surface area contributed by atoms with Crippen LogP contribution in [0.25, 0.3) is 5.57 Å². The second kappa shape index (κ2) is 11.8. The van der Waals surface area contributed by atoms with Crippen molar-refractivity contribution >= 4 is 40.2 Å². The van der Waals surface area contributed by atoms with Gasteiger partial charge in [-0.05, 0) is 72.7 Å². The Labute approximate surface area is 235 Å². The summed E-state index contributed by atoms with van der Waals surface area (Å²) in [7, 11) is 1.41. The molecule has 0 atom stereocenters. The van der Waals surface area contributed by atoms with Gasteiger partial charge in [0, 0.05) is 54.2 Å². The van der Waals surface area contributed by atoms with Crippen LogP contribution in [0.4, 0.5) is 11.4 Å². The van der Waals surface area contributed by atoms with Crippen LogP contribution in [0, 0.1) is 5.41 Å². The fourth-order valence-electron chi connectivity index (χ4n) is 5.48. The summed E-state index contributed by atoms with van der Waals surface area (Å²) in [6, 6.07) is 19.2. The summed E-state index contributed by atoms with van der Waals surface area (Å²) >= 11 is 1.73. The van der Waals surface area contributed by atoms with Gasteiger partial charge in [-0.1, -0.05) is 37.6 Å². The van der Waals surface area contributed by atoms with Gasteiger partial charge in [0.05, 0.1) is 18.4 Å². The van der Waals surface area contributed by atoms with E-state index in [1.807, 2.05) is 54.6 Å². The van der Waals surface area contributed by atoms with Crippen LogP contribution >= 0.6 is 11.3 Å². The summed E-state index contributed by atoms with van der Waals surface area (Å²) in [6.07, 6.45) is 3.36. The molecule has 0 spiro atoms. The predicted octanol–water partition coefficient (Wildman–Crippen LogP) is 6.57. The highest BCUT2D eigenvalue weighted by atomic mass is 32.1. The van der Waals surface area contributed by atoms with E-state index >= 15 is 0 Å². The van der Waals surface area contributed by atoms with Crippen molar-refractivity contribution in [3.63, 3.8) is 0 Å². The van der Waals surface area contributed by atoms with Crippen molar-refractivity contribution < 1.29 is 14.3 Å². The molecular weight excluding hydrogens is 506 g/mol. The Morgan fingerprint density at radius 1 is 0.974 bits per heavy atom. The van der Waals surface area contributed by atoms with Gasteiger partial charge in [-0.3, -0.25) is 9.69 Å². The summed E-state index contributed by atoms with van der Waals surface area (Å²) in [4.78, 5) is 30.6. The number of ether oxygens (including phenoxy) is 1. The third-order valence-electron chi connectivity index (χ3n) is 7.82. The maximum atomic E-state index is 12.7. The van der Waals surface area contributed by atoms with Crippen molar-refractivity contribution in [3.8, 4) is 0 Å². The number of methoxy groups -OCH3 is 1. The number of hydrogen-bond donors (Lipinski definition) is 1. The number of amides is 1. The molecule has 1 amide bonds. The number of piperazine rings is 1. The molecule has 6 nitrogen and oxygen atoms in total. The maximum absolute atomic E-state index is 12.7. The number of benzene rings is 2. The Morgan fingerprint density at radius 2 is 1.69 bits per heavy atom. The van der Waals surface area contributed by atoms with Crippen molar-refractivity contribution in [1.82, 2.24) is 4.90 Å². The van der Waals surface area contributed by atoms with E-state index in [0.717, 1.165) is 56.9 Å². The first-order valence-corrected chi connectivity index (χ1v) is 14.5. The lowest BCUT2D eigenvalue weighted by atomic mass is 9.74. The minimum absolute atomic E-state index is 0.0732. The second-order valence-electron chi connectivity index (χ2n) is 11.2. The van der Waals surface area contributed by atoms with Crippen LogP contribution in [0.3, 0.4) is 0 Å². The number of rotatable bonds is 7. The first-order valence-electron chi connectivity index (χ1n) is 13.6. The van der Waals surface area contributed by atoms with Crippen LogP contribution < -0.4 is 10.2 Å². The molecule has 2 heterocycles. The van der Waals surface area contributed by atoms with Crippen LogP contribution in [0.15, 0.2) is 71.6 Å². The van der Waals surface area contributed by atoms with Crippen molar-refractivity contribution in [2.24, 2.45) is 5.41 Å². The third kappa shape index (κ3) is 6.60. The lowest BCUT2D eigenvalue weighted by molar-refractivity contribution is 0.0600. The highest BCUT2D eigenvalue weighted by Gasteiger charge is 2.30. The van der Waals surface area contributed by atoms with E-state index in [4.69, 9.17) is 4.74 Å². The Morgan fingerprint density at radius 3 is 2.38 bits per heavy atom. The zero-order chi connectivity index (χ0) is 27.4. The van der Waals surface area contributed by atoms with Crippen molar-refractivity contribution in [3.05, 3.63) is 87.6 Å². The van der Waals surface area contributed by atoms with Crippen molar-refractivity contribution in [1.29, 1.82) is 0 Å². The van der Waals surface area contributed by atoms with Crippen LogP contribution in [0.5, 0.6) is 0 Å². The maximum Gasteiger partial charge on any atom is 0.337 e. The average Bonchev–Trinajstić information content (AvgIpc) is 3.42. The van der Waals surface area contributed by atoms with Gasteiger partial charge >= 0.3 is 5.97 Å². The average molecular weight is 544 g/mol. The molecule has 39 heavy (non-hydrogen) atoms. The van der Waals surface area contributed by atoms with Gasteiger partial charge in [-0.2, -0.15) is 0 Å². The van der Waals surface area contributed by atoms with Gasteiger partial charge < -0.3 is 15.0 Å². The monoisotopic (exact) mass is 543 g/mol. The molecule has 1 saturated heterocycles. The van der Waals surface area contributed by atoms with E-state index in [1.54, 1.807) is 11.3 Å². The zero-order valence-electron chi connectivity index (χ0n) is 23.0. The van der Waals surface area contributed by atoms with E-state index in [9.17, 15) is 9.59 Å². The summed E-state index contributed by atoms with van der Waals surface area (Å²) in [5.74, 6) is -0.376. The number of carbonyl (C=O) groups is 2. The molecule has 0 radical (unpaired) electrons. The zero-order valence-corrected chi connectivity index (χ0v) is 23.9. The number of hydrogen-bond acceptors (Lipinski definition) is 6. The summed E-state index contributed by atoms with van der Waals surface area (Å²) in [5, 5.41) is 5.14. The molecule has 1 fully saturated rings. The molecule has 2 aliphatic rings. The molecule has 1 aliphatic carbocycles. The summed E-state index contributed by atoms with van der Waals surface area (Å²) in [6.45, 7) is 9.63. The minimum atomic E-state index is -0.303. The number of allylic oxidation sites excluding steroid dienone is 1. The van der Waals surface area contributed by atoms with Crippen LogP contribution in [0.2, 0.25) is 0 Å². The number of anilines is 2. The Kier molecular flexibility index (Phi) is 8.19. The van der Waals surface area contributed by atoms with Gasteiger partial charge in [-0.25, -0.2) is 4.79 Å². The molecular formula is C32H37N3O3S. The van der Waals surface area contributed by atoms with E-state index in [1.165, 1.54) is 29.6 Å². The molecule has 0 unspecified atom stereocenters. The quantitative estimate of drug-likeness (QED) is 0.342. The normalized spacial score (nSPS) is 17.7. The Bertz CT molecular complexity index is 1340. The fraction of sp³-hybridized carbons (Fsp3) is 0.375. The Hall–Kier alpha value is -3.42. The van der Waals surface area contributed by atoms with Crippen molar-refractivity contribution in [2.75, 3.05) is 50.1 Å². The lowest BCUT2D eigenvalue weighted by Crippen LogP contribution is -2.47. The van der Waals surface area contributed by atoms with E-state index in [-0.39, 0.29) is 17.3 Å². The number of carbonyl (C=O) groups excluding carboxylic acids is 2. The topological polar surface area (TPSA) is 61.9 Å². The molecule has 3 aromatic rings. The molecule has 5 rings (SSSR count). The minimum Gasteiger partial charge on any atom is -0.465 e. The number of thiophene rings is 1. The SMILES string of the molecule is COC(=O)c1ccc(N2CCN(CC3=C(c4cc(NC(=O)c5ccccc5)cs4)CC(C)(C)CC3)CC2)cc1. The predicted molar refractivity (Wildman–Crippen MR) is 160 cm³/mol. The molecule has 1 N–H and O–H groups in total.